The second-order valence-corrected chi connectivity index (χ2v) is 7.60. The number of nitrogens with zero attached hydrogens (tertiary/aromatic N) is 4. The summed E-state index contributed by atoms with van der Waals surface area (Å²) in [6.45, 7) is 6.01. The molecule has 0 aliphatic heterocycles. The summed E-state index contributed by atoms with van der Waals surface area (Å²) in [4.78, 5) is 12.5. The van der Waals surface area contributed by atoms with E-state index in [1.165, 1.54) is 6.07 Å². The van der Waals surface area contributed by atoms with Crippen LogP contribution in [-0.4, -0.2) is 19.3 Å². The van der Waals surface area contributed by atoms with Crippen LogP contribution >= 0.6 is 0 Å². The summed E-state index contributed by atoms with van der Waals surface area (Å²) in [7, 11) is 1.72. The number of rotatable bonds is 4. The lowest BCUT2D eigenvalue weighted by Crippen LogP contribution is -2.21. The lowest BCUT2D eigenvalue weighted by atomic mass is 10.0. The van der Waals surface area contributed by atoms with Gasteiger partial charge in [-0.1, -0.05) is 12.1 Å². The number of halogens is 3. The Balaban J connectivity index is 1.83. The smallest absolute Gasteiger partial charge is 0.362 e. The Morgan fingerprint density at radius 3 is 2.48 bits per heavy atom. The molecule has 31 heavy (non-hydrogen) atoms. The molecule has 0 aliphatic carbocycles. The third-order valence-electron chi connectivity index (χ3n) is 5.61. The summed E-state index contributed by atoms with van der Waals surface area (Å²) in [6, 6.07) is 8.56. The molecular formula is C22H22F3N5O. The highest BCUT2D eigenvalue weighted by Gasteiger charge is 2.30. The van der Waals surface area contributed by atoms with Crippen molar-refractivity contribution in [1.82, 2.24) is 19.3 Å². The first-order chi connectivity index (χ1) is 14.6. The SMILES string of the molecule is CCn1c(=O)n(C)c2cc3c(C)nnc(N[C@H](C)c4cccc(C(F)(F)F)c4)c3cc21. The van der Waals surface area contributed by atoms with Gasteiger partial charge in [-0.2, -0.15) is 18.3 Å². The molecule has 0 spiro atoms. The molecule has 4 rings (SSSR count). The first kappa shape index (κ1) is 20.9. The second kappa shape index (κ2) is 7.40. The number of hydrogen-bond acceptors (Lipinski definition) is 4. The fourth-order valence-electron chi connectivity index (χ4n) is 3.86. The fraction of sp³-hybridized carbons (Fsp3) is 0.318. The maximum absolute atomic E-state index is 13.1. The quantitative estimate of drug-likeness (QED) is 0.506. The topological polar surface area (TPSA) is 64.7 Å². The van der Waals surface area contributed by atoms with Crippen molar-refractivity contribution in [2.24, 2.45) is 7.05 Å². The molecule has 1 N–H and O–H groups in total. The molecule has 0 amide bonds. The van der Waals surface area contributed by atoms with E-state index in [1.807, 2.05) is 26.0 Å². The molecule has 162 valence electrons. The Labute approximate surface area is 176 Å². The van der Waals surface area contributed by atoms with E-state index in [0.717, 1.165) is 33.9 Å². The van der Waals surface area contributed by atoms with Crippen LogP contribution < -0.4 is 11.0 Å². The predicted molar refractivity (Wildman–Crippen MR) is 114 cm³/mol. The van der Waals surface area contributed by atoms with Crippen LogP contribution in [0.25, 0.3) is 21.8 Å². The number of anilines is 1. The second-order valence-electron chi connectivity index (χ2n) is 7.60. The third kappa shape index (κ3) is 3.54. The Hall–Kier alpha value is -3.36. The number of nitrogens with one attached hydrogen (secondary N) is 1. The molecule has 4 aromatic rings. The maximum Gasteiger partial charge on any atom is 0.416 e. The monoisotopic (exact) mass is 429 g/mol. The predicted octanol–water partition coefficient (Wildman–Crippen LogP) is 4.80. The Kier molecular flexibility index (Phi) is 4.99. The summed E-state index contributed by atoms with van der Waals surface area (Å²) < 4.78 is 42.5. The van der Waals surface area contributed by atoms with E-state index in [1.54, 1.807) is 29.2 Å². The Morgan fingerprint density at radius 1 is 1.10 bits per heavy atom. The van der Waals surface area contributed by atoms with Crippen molar-refractivity contribution in [3.8, 4) is 0 Å². The van der Waals surface area contributed by atoms with Gasteiger partial charge in [0, 0.05) is 24.4 Å². The average Bonchev–Trinajstić information content (AvgIpc) is 2.97. The van der Waals surface area contributed by atoms with E-state index in [9.17, 15) is 18.0 Å². The van der Waals surface area contributed by atoms with Crippen LogP contribution in [0.1, 0.15) is 36.7 Å². The van der Waals surface area contributed by atoms with Crippen molar-refractivity contribution in [2.75, 3.05) is 5.32 Å². The molecule has 1 atom stereocenters. The van der Waals surface area contributed by atoms with E-state index < -0.39 is 17.8 Å². The Bertz CT molecular complexity index is 1350. The van der Waals surface area contributed by atoms with E-state index in [2.05, 4.69) is 15.5 Å². The van der Waals surface area contributed by atoms with Crippen molar-refractivity contribution < 1.29 is 13.2 Å². The van der Waals surface area contributed by atoms with E-state index >= 15 is 0 Å². The van der Waals surface area contributed by atoms with Crippen molar-refractivity contribution in [2.45, 2.75) is 39.5 Å². The van der Waals surface area contributed by atoms with Crippen LogP contribution in [0.2, 0.25) is 0 Å². The molecule has 0 bridgehead atoms. The van der Waals surface area contributed by atoms with Gasteiger partial charge in [-0.3, -0.25) is 9.13 Å². The van der Waals surface area contributed by atoms with Gasteiger partial charge in [-0.05, 0) is 50.6 Å². The molecule has 0 saturated heterocycles. The van der Waals surface area contributed by atoms with Gasteiger partial charge in [0.15, 0.2) is 5.82 Å². The van der Waals surface area contributed by atoms with Gasteiger partial charge in [0.05, 0.1) is 28.3 Å². The van der Waals surface area contributed by atoms with Gasteiger partial charge >= 0.3 is 11.9 Å². The fourth-order valence-corrected chi connectivity index (χ4v) is 3.86. The normalized spacial score (nSPS) is 13.1. The lowest BCUT2D eigenvalue weighted by molar-refractivity contribution is -0.137. The highest BCUT2D eigenvalue weighted by molar-refractivity contribution is 6.01. The number of fused-ring (bicyclic) bond motifs is 2. The van der Waals surface area contributed by atoms with Crippen molar-refractivity contribution >= 4 is 27.6 Å². The minimum Gasteiger partial charge on any atom is -0.362 e. The first-order valence-electron chi connectivity index (χ1n) is 9.91. The van der Waals surface area contributed by atoms with Crippen LogP contribution in [0.15, 0.2) is 41.2 Å². The third-order valence-corrected chi connectivity index (χ3v) is 5.61. The molecule has 0 unspecified atom stereocenters. The first-order valence-corrected chi connectivity index (χ1v) is 9.91. The zero-order valence-electron chi connectivity index (χ0n) is 17.6. The van der Waals surface area contributed by atoms with Crippen LogP contribution in [0.5, 0.6) is 0 Å². The number of aryl methyl sites for hydroxylation is 3. The standard InChI is InChI=1S/C22H22F3N5O/c1-5-30-19-11-17-16(10-18(19)29(4)21(30)31)13(3)27-28-20(17)26-12(2)14-7-6-8-15(9-14)22(23,24)25/h6-12H,5H2,1-4H3,(H,26,28)/t12-/m1/s1. The number of alkyl halides is 3. The number of benzene rings is 2. The molecule has 9 heteroatoms. The van der Waals surface area contributed by atoms with Crippen LogP contribution in [-0.2, 0) is 19.8 Å². The zero-order chi connectivity index (χ0) is 22.5. The van der Waals surface area contributed by atoms with Gasteiger partial charge in [0.25, 0.3) is 0 Å². The van der Waals surface area contributed by atoms with Gasteiger partial charge in [0.2, 0.25) is 0 Å². The highest BCUT2D eigenvalue weighted by atomic mass is 19.4. The van der Waals surface area contributed by atoms with Crippen LogP contribution in [0.3, 0.4) is 0 Å². The molecular weight excluding hydrogens is 407 g/mol. The van der Waals surface area contributed by atoms with Gasteiger partial charge < -0.3 is 5.32 Å². The molecule has 0 saturated carbocycles. The summed E-state index contributed by atoms with van der Waals surface area (Å²) in [5.74, 6) is 0.450. The van der Waals surface area contributed by atoms with Crippen molar-refractivity contribution in [3.63, 3.8) is 0 Å². The van der Waals surface area contributed by atoms with E-state index in [0.29, 0.717) is 23.6 Å². The summed E-state index contributed by atoms with van der Waals surface area (Å²) in [5.41, 5.74) is 1.93. The summed E-state index contributed by atoms with van der Waals surface area (Å²) in [6.07, 6.45) is -4.41. The molecule has 0 aliphatic rings. The Morgan fingerprint density at radius 2 is 1.81 bits per heavy atom. The lowest BCUT2D eigenvalue weighted by Gasteiger charge is -2.18. The minimum atomic E-state index is -4.41. The zero-order valence-corrected chi connectivity index (χ0v) is 17.6. The number of imidazole rings is 1. The van der Waals surface area contributed by atoms with Crippen molar-refractivity contribution in [3.05, 3.63) is 63.7 Å². The molecule has 0 radical (unpaired) electrons. The highest BCUT2D eigenvalue weighted by Crippen LogP contribution is 2.33. The largest absolute Gasteiger partial charge is 0.416 e. The molecule has 2 heterocycles. The summed E-state index contributed by atoms with van der Waals surface area (Å²) >= 11 is 0. The number of hydrogen-bond donors (Lipinski definition) is 1. The van der Waals surface area contributed by atoms with Crippen LogP contribution in [0.4, 0.5) is 19.0 Å². The van der Waals surface area contributed by atoms with Crippen LogP contribution in [0, 0.1) is 6.92 Å². The van der Waals surface area contributed by atoms with Gasteiger partial charge in [0.1, 0.15) is 0 Å². The average molecular weight is 429 g/mol. The molecule has 2 aromatic heterocycles. The molecule has 2 aromatic carbocycles. The number of aromatic nitrogens is 4. The minimum absolute atomic E-state index is 0.113. The van der Waals surface area contributed by atoms with Gasteiger partial charge in [-0.15, -0.1) is 5.10 Å². The van der Waals surface area contributed by atoms with E-state index in [-0.39, 0.29) is 5.69 Å². The van der Waals surface area contributed by atoms with Gasteiger partial charge in [-0.25, -0.2) is 4.79 Å². The maximum atomic E-state index is 13.1. The van der Waals surface area contributed by atoms with Crippen molar-refractivity contribution in [1.29, 1.82) is 0 Å². The molecule has 6 nitrogen and oxygen atoms in total. The summed E-state index contributed by atoms with van der Waals surface area (Å²) in [5, 5.41) is 13.2. The van der Waals surface area contributed by atoms with E-state index in [4.69, 9.17) is 0 Å². The molecule has 0 fully saturated rings.